The Morgan fingerprint density at radius 3 is 1.68 bits per heavy atom. The predicted octanol–water partition coefficient (Wildman–Crippen LogP) is 2.35. The van der Waals surface area contributed by atoms with Gasteiger partial charge in [-0.3, -0.25) is 0 Å². The second-order valence-electron chi connectivity index (χ2n) is 4.46. The Labute approximate surface area is 110 Å². The maximum Gasteiger partial charge on any atom is 0.357 e. The van der Waals surface area contributed by atoms with E-state index in [2.05, 4.69) is 4.98 Å². The van der Waals surface area contributed by atoms with Gasteiger partial charge in [-0.25, -0.2) is 19.0 Å². The summed E-state index contributed by atoms with van der Waals surface area (Å²) in [7, 11) is 0. The van der Waals surface area contributed by atoms with Crippen LogP contribution in [0.1, 0.15) is 48.7 Å². The number of rotatable bonds is 4. The number of ether oxygens (including phenoxy) is 2. The van der Waals surface area contributed by atoms with Crippen LogP contribution in [0.4, 0.5) is 4.39 Å². The summed E-state index contributed by atoms with van der Waals surface area (Å²) >= 11 is 0. The molecule has 5 nitrogen and oxygen atoms in total. The molecule has 19 heavy (non-hydrogen) atoms. The van der Waals surface area contributed by atoms with Crippen molar-refractivity contribution in [3.8, 4) is 0 Å². The van der Waals surface area contributed by atoms with Gasteiger partial charge in [0.05, 0.1) is 12.2 Å². The molecular weight excluding hydrogens is 253 g/mol. The van der Waals surface area contributed by atoms with Gasteiger partial charge in [0, 0.05) is 12.1 Å². The third-order valence-electron chi connectivity index (χ3n) is 1.89. The number of halogens is 1. The fourth-order valence-corrected chi connectivity index (χ4v) is 1.26. The van der Waals surface area contributed by atoms with E-state index in [4.69, 9.17) is 9.47 Å². The average molecular weight is 269 g/mol. The van der Waals surface area contributed by atoms with E-state index >= 15 is 0 Å². The van der Waals surface area contributed by atoms with Gasteiger partial charge in [0.25, 0.3) is 0 Å². The Morgan fingerprint density at radius 2 is 1.37 bits per heavy atom. The summed E-state index contributed by atoms with van der Waals surface area (Å²) < 4.78 is 23.1. The van der Waals surface area contributed by atoms with Gasteiger partial charge in [-0.1, -0.05) is 0 Å². The Morgan fingerprint density at radius 1 is 1.00 bits per heavy atom. The topological polar surface area (TPSA) is 65.5 Å². The molecular formula is C13H16FNO4. The molecule has 1 heterocycles. The van der Waals surface area contributed by atoms with Crippen LogP contribution in [0.2, 0.25) is 0 Å². The van der Waals surface area contributed by atoms with Crippen molar-refractivity contribution in [2.45, 2.75) is 39.9 Å². The summed E-state index contributed by atoms with van der Waals surface area (Å²) in [5.41, 5.74) is -0.520. The Kier molecular flexibility index (Phi) is 4.97. The molecule has 104 valence electrons. The highest BCUT2D eigenvalue weighted by Crippen LogP contribution is 2.09. The first-order valence-electron chi connectivity index (χ1n) is 5.89. The molecule has 0 spiro atoms. The van der Waals surface area contributed by atoms with Crippen molar-refractivity contribution >= 4 is 11.9 Å². The number of pyridine rings is 1. The molecule has 0 fully saturated rings. The van der Waals surface area contributed by atoms with E-state index in [1.165, 1.54) is 0 Å². The Bertz CT molecular complexity index is 445. The molecule has 0 saturated heterocycles. The monoisotopic (exact) mass is 269 g/mol. The molecule has 1 rings (SSSR count). The fourth-order valence-electron chi connectivity index (χ4n) is 1.26. The van der Waals surface area contributed by atoms with E-state index in [9.17, 15) is 14.0 Å². The molecule has 0 radical (unpaired) electrons. The highest BCUT2D eigenvalue weighted by molar-refractivity contribution is 5.91. The molecule has 0 unspecified atom stereocenters. The highest BCUT2D eigenvalue weighted by atomic mass is 19.1. The summed E-state index contributed by atoms with van der Waals surface area (Å²) in [6, 6.07) is 1.83. The molecule has 1 aromatic rings. The highest BCUT2D eigenvalue weighted by Gasteiger charge is 2.18. The van der Waals surface area contributed by atoms with Crippen LogP contribution in [0, 0.1) is 5.82 Å². The van der Waals surface area contributed by atoms with E-state index in [0.717, 1.165) is 12.1 Å². The lowest BCUT2D eigenvalue weighted by Gasteiger charge is -2.10. The van der Waals surface area contributed by atoms with Gasteiger partial charge in [0.15, 0.2) is 11.4 Å². The summed E-state index contributed by atoms with van der Waals surface area (Å²) in [6.07, 6.45) is -0.715. The lowest BCUT2D eigenvalue weighted by molar-refractivity contribution is 0.0362. The van der Waals surface area contributed by atoms with Gasteiger partial charge in [0.1, 0.15) is 5.82 Å². The van der Waals surface area contributed by atoms with Crippen molar-refractivity contribution in [3.63, 3.8) is 0 Å². The van der Waals surface area contributed by atoms with Crippen LogP contribution in [0.5, 0.6) is 0 Å². The largest absolute Gasteiger partial charge is 0.458 e. The van der Waals surface area contributed by atoms with E-state index in [1.54, 1.807) is 27.7 Å². The first-order chi connectivity index (χ1) is 8.79. The van der Waals surface area contributed by atoms with Crippen LogP contribution < -0.4 is 0 Å². The normalized spacial score (nSPS) is 10.7. The Balaban J connectivity index is 3.00. The number of nitrogens with zero attached hydrogens (tertiary/aromatic N) is 1. The number of esters is 2. The molecule has 0 aromatic carbocycles. The third-order valence-corrected chi connectivity index (χ3v) is 1.89. The molecule has 0 amide bonds. The lowest BCUT2D eigenvalue weighted by atomic mass is 10.3. The van der Waals surface area contributed by atoms with Crippen LogP contribution in [0.25, 0.3) is 0 Å². The molecule has 0 aliphatic rings. The molecule has 0 atom stereocenters. The van der Waals surface area contributed by atoms with E-state index in [0.29, 0.717) is 0 Å². The van der Waals surface area contributed by atoms with E-state index in [-0.39, 0.29) is 23.6 Å². The maximum absolute atomic E-state index is 13.4. The van der Waals surface area contributed by atoms with Crippen LogP contribution in [0.3, 0.4) is 0 Å². The lowest BCUT2D eigenvalue weighted by Crippen LogP contribution is -2.18. The van der Waals surface area contributed by atoms with Gasteiger partial charge in [-0.15, -0.1) is 0 Å². The zero-order valence-corrected chi connectivity index (χ0v) is 11.3. The molecule has 6 heteroatoms. The molecule has 0 aliphatic carbocycles. The van der Waals surface area contributed by atoms with Gasteiger partial charge >= 0.3 is 11.9 Å². The number of hydrogen-bond donors (Lipinski definition) is 0. The smallest absolute Gasteiger partial charge is 0.357 e. The first kappa shape index (κ1) is 15.1. The molecule has 0 bridgehead atoms. The minimum Gasteiger partial charge on any atom is -0.458 e. The van der Waals surface area contributed by atoms with Gasteiger partial charge in [0.2, 0.25) is 0 Å². The maximum atomic E-state index is 13.4. The van der Waals surface area contributed by atoms with Crippen LogP contribution in [-0.4, -0.2) is 29.1 Å². The average Bonchev–Trinajstić information content (AvgIpc) is 2.26. The number of carbonyl (C=O) groups excluding carboxylic acids is 2. The standard InChI is InChI=1S/C13H16FNO4/c1-7(2)18-12(16)10-5-9(14)6-11(15-10)13(17)19-8(3)4/h5-8H,1-4H3. The van der Waals surface area contributed by atoms with Crippen LogP contribution in [0.15, 0.2) is 12.1 Å². The van der Waals surface area contributed by atoms with Gasteiger partial charge < -0.3 is 9.47 Å². The number of aromatic nitrogens is 1. The molecule has 0 aliphatic heterocycles. The summed E-state index contributed by atoms with van der Waals surface area (Å²) in [5.74, 6) is -2.32. The van der Waals surface area contributed by atoms with Crippen molar-refractivity contribution in [3.05, 3.63) is 29.3 Å². The van der Waals surface area contributed by atoms with Crippen LogP contribution >= 0.6 is 0 Å². The van der Waals surface area contributed by atoms with Crippen molar-refractivity contribution in [1.29, 1.82) is 0 Å². The second-order valence-corrected chi connectivity index (χ2v) is 4.46. The predicted molar refractivity (Wildman–Crippen MR) is 65.3 cm³/mol. The van der Waals surface area contributed by atoms with Crippen LogP contribution in [-0.2, 0) is 9.47 Å². The third kappa shape index (κ3) is 4.65. The van der Waals surface area contributed by atoms with E-state index < -0.39 is 17.8 Å². The van der Waals surface area contributed by atoms with Gasteiger partial charge in [-0.2, -0.15) is 0 Å². The first-order valence-corrected chi connectivity index (χ1v) is 5.89. The SMILES string of the molecule is CC(C)OC(=O)c1cc(F)cc(C(=O)OC(C)C)n1. The zero-order chi connectivity index (χ0) is 14.6. The van der Waals surface area contributed by atoms with Crippen molar-refractivity contribution in [2.24, 2.45) is 0 Å². The zero-order valence-electron chi connectivity index (χ0n) is 11.3. The minimum absolute atomic E-state index is 0.260. The molecule has 0 N–H and O–H groups in total. The fraction of sp³-hybridized carbons (Fsp3) is 0.462. The molecule has 0 saturated carbocycles. The van der Waals surface area contributed by atoms with Crippen molar-refractivity contribution < 1.29 is 23.5 Å². The van der Waals surface area contributed by atoms with Crippen molar-refractivity contribution in [2.75, 3.05) is 0 Å². The summed E-state index contributed by atoms with van der Waals surface area (Å²) in [6.45, 7) is 6.63. The Hall–Kier alpha value is -1.98. The van der Waals surface area contributed by atoms with E-state index in [1.807, 2.05) is 0 Å². The number of carbonyl (C=O) groups is 2. The quantitative estimate of drug-likeness (QED) is 0.785. The summed E-state index contributed by atoms with van der Waals surface area (Å²) in [4.78, 5) is 27.0. The minimum atomic E-state index is -0.784. The number of hydrogen-bond acceptors (Lipinski definition) is 5. The van der Waals surface area contributed by atoms with Gasteiger partial charge in [-0.05, 0) is 27.7 Å². The molecule has 1 aromatic heterocycles. The second kappa shape index (κ2) is 6.26. The summed E-state index contributed by atoms with van der Waals surface area (Å²) in [5, 5.41) is 0. The van der Waals surface area contributed by atoms with Crippen molar-refractivity contribution in [1.82, 2.24) is 4.98 Å².